The van der Waals surface area contributed by atoms with Crippen molar-refractivity contribution in [1.82, 2.24) is 14.5 Å². The molecule has 1 aromatic carbocycles. The highest BCUT2D eigenvalue weighted by molar-refractivity contribution is 5.77. The molecule has 6 heteroatoms. The van der Waals surface area contributed by atoms with Crippen molar-refractivity contribution in [1.29, 1.82) is 0 Å². The molecule has 0 amide bonds. The van der Waals surface area contributed by atoms with Crippen molar-refractivity contribution in [3.05, 3.63) is 53.2 Å². The van der Waals surface area contributed by atoms with Crippen molar-refractivity contribution in [2.75, 3.05) is 5.32 Å². The van der Waals surface area contributed by atoms with Crippen LogP contribution in [0, 0.1) is 5.82 Å². The van der Waals surface area contributed by atoms with E-state index < -0.39 is 0 Å². The highest BCUT2D eigenvalue weighted by Gasteiger charge is 2.09. The van der Waals surface area contributed by atoms with Gasteiger partial charge in [0.1, 0.15) is 17.2 Å². The number of nitrogens with two attached hydrogens (primary N) is 1. The molecule has 2 heterocycles. The van der Waals surface area contributed by atoms with Crippen LogP contribution in [0.1, 0.15) is 23.6 Å². The number of aryl methyl sites for hydroxylation is 2. The van der Waals surface area contributed by atoms with Crippen LogP contribution in [0.25, 0.3) is 11.0 Å². The van der Waals surface area contributed by atoms with Crippen molar-refractivity contribution >= 4 is 16.9 Å². The fraction of sp³-hybridized carbons (Fsp3) is 0.294. The molecule has 0 aliphatic carbocycles. The Bertz CT molecular complexity index is 840. The zero-order valence-electron chi connectivity index (χ0n) is 13.3. The van der Waals surface area contributed by atoms with E-state index in [9.17, 15) is 4.39 Å². The van der Waals surface area contributed by atoms with E-state index in [-0.39, 0.29) is 12.4 Å². The summed E-state index contributed by atoms with van der Waals surface area (Å²) in [5.41, 5.74) is 10.0. The highest BCUT2D eigenvalue weighted by Crippen LogP contribution is 2.19. The summed E-state index contributed by atoms with van der Waals surface area (Å²) in [6, 6.07) is 5.36. The van der Waals surface area contributed by atoms with Gasteiger partial charge in [-0.05, 0) is 23.6 Å². The molecular weight excluding hydrogens is 293 g/mol. The van der Waals surface area contributed by atoms with E-state index >= 15 is 0 Å². The summed E-state index contributed by atoms with van der Waals surface area (Å²) in [5.74, 6) is 0.489. The number of benzene rings is 1. The molecule has 0 saturated heterocycles. The standard InChI is InChI=1S/C17H20FN5/c1-3-11-4-12(7-19)14(18)5-13(11)8-20-17-6-16-15(9-21-17)22-10-23(16)2/h4-6,9-10H,3,7-8,19H2,1-2H3,(H,20,21). The van der Waals surface area contributed by atoms with Gasteiger partial charge in [-0.1, -0.05) is 13.0 Å². The number of pyridine rings is 1. The predicted molar refractivity (Wildman–Crippen MR) is 89.5 cm³/mol. The molecule has 0 atom stereocenters. The lowest BCUT2D eigenvalue weighted by molar-refractivity contribution is 0.607. The van der Waals surface area contributed by atoms with E-state index in [0.29, 0.717) is 12.1 Å². The lowest BCUT2D eigenvalue weighted by Crippen LogP contribution is -2.08. The van der Waals surface area contributed by atoms with Crippen LogP contribution in [0.5, 0.6) is 0 Å². The first-order chi connectivity index (χ1) is 11.1. The Labute approximate surface area is 134 Å². The van der Waals surface area contributed by atoms with E-state index in [1.807, 2.05) is 23.7 Å². The van der Waals surface area contributed by atoms with Gasteiger partial charge in [0.2, 0.25) is 0 Å². The Hall–Kier alpha value is -2.47. The summed E-state index contributed by atoms with van der Waals surface area (Å²) < 4.78 is 15.9. The maximum absolute atomic E-state index is 14.0. The van der Waals surface area contributed by atoms with Crippen molar-refractivity contribution in [2.24, 2.45) is 12.8 Å². The van der Waals surface area contributed by atoms with Gasteiger partial charge in [-0.15, -0.1) is 0 Å². The first-order valence-corrected chi connectivity index (χ1v) is 7.63. The van der Waals surface area contributed by atoms with E-state index in [0.717, 1.165) is 34.4 Å². The van der Waals surface area contributed by atoms with Crippen molar-refractivity contribution in [3.63, 3.8) is 0 Å². The molecular formula is C17H20FN5. The van der Waals surface area contributed by atoms with Gasteiger partial charge in [0.15, 0.2) is 0 Å². The molecule has 3 aromatic rings. The molecule has 0 bridgehead atoms. The van der Waals surface area contributed by atoms with Crippen LogP contribution in [0.15, 0.2) is 30.7 Å². The summed E-state index contributed by atoms with van der Waals surface area (Å²) in [5, 5.41) is 3.26. The SMILES string of the molecule is CCc1cc(CN)c(F)cc1CNc1cc2c(cn1)ncn2C. The number of imidazole rings is 1. The van der Waals surface area contributed by atoms with E-state index in [4.69, 9.17) is 5.73 Å². The number of halogens is 1. The zero-order valence-corrected chi connectivity index (χ0v) is 13.3. The molecule has 0 aliphatic heterocycles. The third-order valence-corrected chi connectivity index (χ3v) is 4.04. The second kappa shape index (κ2) is 6.34. The number of fused-ring (bicyclic) bond motifs is 1. The first kappa shape index (κ1) is 15.4. The lowest BCUT2D eigenvalue weighted by Gasteiger charge is -2.12. The Morgan fingerprint density at radius 2 is 2.00 bits per heavy atom. The monoisotopic (exact) mass is 313 g/mol. The number of nitrogens with zero attached hydrogens (tertiary/aromatic N) is 3. The average molecular weight is 313 g/mol. The minimum atomic E-state index is -0.253. The van der Waals surface area contributed by atoms with Crippen LogP contribution in [0.2, 0.25) is 0 Å². The first-order valence-electron chi connectivity index (χ1n) is 7.63. The zero-order chi connectivity index (χ0) is 16.4. The topological polar surface area (TPSA) is 68.8 Å². The number of anilines is 1. The van der Waals surface area contributed by atoms with Gasteiger partial charge in [0.05, 0.1) is 18.0 Å². The third-order valence-electron chi connectivity index (χ3n) is 4.04. The molecule has 23 heavy (non-hydrogen) atoms. The van der Waals surface area contributed by atoms with Gasteiger partial charge in [-0.2, -0.15) is 0 Å². The van der Waals surface area contributed by atoms with Gasteiger partial charge in [0.25, 0.3) is 0 Å². The predicted octanol–water partition coefficient (Wildman–Crippen LogP) is 2.74. The number of rotatable bonds is 5. The Morgan fingerprint density at radius 3 is 2.74 bits per heavy atom. The van der Waals surface area contributed by atoms with E-state index in [1.165, 1.54) is 0 Å². The number of hydrogen-bond acceptors (Lipinski definition) is 4. The van der Waals surface area contributed by atoms with Crippen LogP contribution in [0.4, 0.5) is 10.2 Å². The number of hydrogen-bond donors (Lipinski definition) is 2. The van der Waals surface area contributed by atoms with Crippen LogP contribution in [0.3, 0.4) is 0 Å². The molecule has 0 spiro atoms. The maximum atomic E-state index is 14.0. The summed E-state index contributed by atoms with van der Waals surface area (Å²) in [6.45, 7) is 2.78. The van der Waals surface area contributed by atoms with Crippen molar-refractivity contribution < 1.29 is 4.39 Å². The Balaban J connectivity index is 1.84. The van der Waals surface area contributed by atoms with E-state index in [2.05, 4.69) is 22.2 Å². The quantitative estimate of drug-likeness (QED) is 0.760. The van der Waals surface area contributed by atoms with Crippen molar-refractivity contribution in [3.8, 4) is 0 Å². The highest BCUT2D eigenvalue weighted by atomic mass is 19.1. The van der Waals surface area contributed by atoms with Gasteiger partial charge in [-0.3, -0.25) is 0 Å². The van der Waals surface area contributed by atoms with Gasteiger partial charge in [0, 0.05) is 31.8 Å². The smallest absolute Gasteiger partial charge is 0.128 e. The molecule has 0 unspecified atom stereocenters. The number of nitrogens with one attached hydrogen (secondary N) is 1. The van der Waals surface area contributed by atoms with Gasteiger partial charge in [-0.25, -0.2) is 14.4 Å². The lowest BCUT2D eigenvalue weighted by atomic mass is 10.0. The maximum Gasteiger partial charge on any atom is 0.128 e. The number of aromatic nitrogens is 3. The Kier molecular flexibility index (Phi) is 4.25. The summed E-state index contributed by atoms with van der Waals surface area (Å²) in [7, 11) is 1.94. The molecule has 3 N–H and O–H groups in total. The van der Waals surface area contributed by atoms with Crippen LogP contribution < -0.4 is 11.1 Å². The molecule has 3 rings (SSSR count). The minimum Gasteiger partial charge on any atom is -0.366 e. The summed E-state index contributed by atoms with van der Waals surface area (Å²) in [4.78, 5) is 8.59. The van der Waals surface area contributed by atoms with Crippen LogP contribution in [-0.2, 0) is 26.6 Å². The summed E-state index contributed by atoms with van der Waals surface area (Å²) in [6.07, 6.45) is 4.32. The van der Waals surface area contributed by atoms with Crippen LogP contribution >= 0.6 is 0 Å². The molecule has 0 aliphatic rings. The summed E-state index contributed by atoms with van der Waals surface area (Å²) >= 11 is 0. The molecule has 2 aromatic heterocycles. The fourth-order valence-corrected chi connectivity index (χ4v) is 2.67. The molecule has 0 saturated carbocycles. The third kappa shape index (κ3) is 3.03. The average Bonchev–Trinajstić information content (AvgIpc) is 2.94. The van der Waals surface area contributed by atoms with Gasteiger partial charge >= 0.3 is 0 Å². The Morgan fingerprint density at radius 1 is 1.17 bits per heavy atom. The van der Waals surface area contributed by atoms with Gasteiger partial charge < -0.3 is 15.6 Å². The molecule has 0 radical (unpaired) electrons. The normalized spacial score (nSPS) is 11.1. The van der Waals surface area contributed by atoms with Crippen molar-refractivity contribution in [2.45, 2.75) is 26.4 Å². The molecule has 120 valence electrons. The fourth-order valence-electron chi connectivity index (χ4n) is 2.67. The molecule has 5 nitrogen and oxygen atoms in total. The largest absolute Gasteiger partial charge is 0.366 e. The van der Waals surface area contributed by atoms with Crippen LogP contribution in [-0.4, -0.2) is 14.5 Å². The second-order valence-corrected chi connectivity index (χ2v) is 5.54. The molecule has 0 fully saturated rings. The van der Waals surface area contributed by atoms with E-state index in [1.54, 1.807) is 18.6 Å². The second-order valence-electron chi connectivity index (χ2n) is 5.54. The minimum absolute atomic E-state index is 0.214.